The van der Waals surface area contributed by atoms with Crippen molar-refractivity contribution in [3.05, 3.63) is 41.5 Å². The van der Waals surface area contributed by atoms with Gasteiger partial charge in [-0.3, -0.25) is 4.79 Å². The lowest BCUT2D eigenvalue weighted by Gasteiger charge is -2.19. The third-order valence-electron chi connectivity index (χ3n) is 4.98. The van der Waals surface area contributed by atoms with Gasteiger partial charge in [-0.2, -0.15) is 9.29 Å². The van der Waals surface area contributed by atoms with E-state index < -0.39 is 15.6 Å². The van der Waals surface area contributed by atoms with Gasteiger partial charge in [0, 0.05) is 31.5 Å². The summed E-state index contributed by atoms with van der Waals surface area (Å²) >= 11 is 0. The fourth-order valence-corrected chi connectivity index (χ4v) is 4.64. The SMILES string of the molecule is CNC(=O)c1ccc(S(=O)(=O)N2CC[C@](O)(c3nc(C4CC4)no3)C2)cc1. The maximum atomic E-state index is 12.9. The Balaban J connectivity index is 1.53. The number of aliphatic hydroxyl groups is 1. The molecule has 1 saturated heterocycles. The highest BCUT2D eigenvalue weighted by Gasteiger charge is 2.47. The largest absolute Gasteiger partial charge is 0.379 e. The third-order valence-corrected chi connectivity index (χ3v) is 6.84. The molecule has 0 unspecified atom stereocenters. The first-order chi connectivity index (χ1) is 12.8. The molecule has 144 valence electrons. The Morgan fingerprint density at radius 1 is 1.33 bits per heavy atom. The molecular weight excluding hydrogens is 372 g/mol. The molecule has 2 aromatic rings. The summed E-state index contributed by atoms with van der Waals surface area (Å²) in [5, 5.41) is 17.2. The van der Waals surface area contributed by atoms with E-state index in [1.54, 1.807) is 0 Å². The molecule has 1 aromatic heterocycles. The van der Waals surface area contributed by atoms with Crippen molar-refractivity contribution in [1.82, 2.24) is 19.8 Å². The van der Waals surface area contributed by atoms with E-state index in [9.17, 15) is 18.3 Å². The van der Waals surface area contributed by atoms with Gasteiger partial charge in [0.2, 0.25) is 10.0 Å². The van der Waals surface area contributed by atoms with E-state index in [0.717, 1.165) is 12.8 Å². The van der Waals surface area contributed by atoms with E-state index in [2.05, 4.69) is 15.5 Å². The van der Waals surface area contributed by atoms with Crippen molar-refractivity contribution < 1.29 is 22.8 Å². The van der Waals surface area contributed by atoms with Crippen LogP contribution in [-0.2, 0) is 15.6 Å². The van der Waals surface area contributed by atoms with Crippen LogP contribution >= 0.6 is 0 Å². The van der Waals surface area contributed by atoms with Crippen molar-refractivity contribution in [1.29, 1.82) is 0 Å². The van der Waals surface area contributed by atoms with Gasteiger partial charge < -0.3 is 14.9 Å². The number of hydrogen-bond donors (Lipinski definition) is 2. The van der Waals surface area contributed by atoms with Crippen LogP contribution in [-0.4, -0.2) is 54.0 Å². The molecule has 2 heterocycles. The van der Waals surface area contributed by atoms with Gasteiger partial charge in [-0.05, 0) is 37.1 Å². The minimum Gasteiger partial charge on any atom is -0.379 e. The topological polar surface area (TPSA) is 126 Å². The second-order valence-corrected chi connectivity index (χ2v) is 8.89. The summed E-state index contributed by atoms with van der Waals surface area (Å²) in [6, 6.07) is 5.67. The number of sulfonamides is 1. The molecule has 2 N–H and O–H groups in total. The highest BCUT2D eigenvalue weighted by molar-refractivity contribution is 7.89. The van der Waals surface area contributed by atoms with Crippen LogP contribution in [0.3, 0.4) is 0 Å². The zero-order valence-corrected chi connectivity index (χ0v) is 15.6. The van der Waals surface area contributed by atoms with Gasteiger partial charge >= 0.3 is 0 Å². The first-order valence-electron chi connectivity index (χ1n) is 8.72. The van der Waals surface area contributed by atoms with Crippen LogP contribution < -0.4 is 5.32 Å². The monoisotopic (exact) mass is 392 g/mol. The number of carbonyl (C=O) groups excluding carboxylic acids is 1. The zero-order chi connectivity index (χ0) is 19.2. The molecule has 1 saturated carbocycles. The first-order valence-corrected chi connectivity index (χ1v) is 10.2. The molecule has 2 aliphatic rings. The number of β-amino-alcohol motifs (C(OH)–C–C–N with tert-alkyl or cyclic N) is 1. The van der Waals surface area contributed by atoms with E-state index >= 15 is 0 Å². The van der Waals surface area contributed by atoms with Crippen LogP contribution in [0.25, 0.3) is 0 Å². The maximum absolute atomic E-state index is 12.9. The van der Waals surface area contributed by atoms with E-state index in [0.29, 0.717) is 11.4 Å². The number of aromatic nitrogens is 2. The second-order valence-electron chi connectivity index (χ2n) is 6.96. The molecular formula is C17H20N4O5S. The quantitative estimate of drug-likeness (QED) is 0.763. The van der Waals surface area contributed by atoms with Gasteiger partial charge in [-0.1, -0.05) is 5.16 Å². The van der Waals surface area contributed by atoms with Gasteiger partial charge in [-0.25, -0.2) is 8.42 Å². The van der Waals surface area contributed by atoms with Gasteiger partial charge in [0.15, 0.2) is 11.4 Å². The van der Waals surface area contributed by atoms with Gasteiger partial charge in [0.25, 0.3) is 11.8 Å². The lowest BCUT2D eigenvalue weighted by atomic mass is 10.0. The van der Waals surface area contributed by atoms with Crippen LogP contribution in [0.5, 0.6) is 0 Å². The Morgan fingerprint density at radius 3 is 2.67 bits per heavy atom. The summed E-state index contributed by atoms with van der Waals surface area (Å²) in [4.78, 5) is 15.9. The molecule has 1 atom stereocenters. The Hall–Kier alpha value is -2.30. The number of benzene rings is 1. The van der Waals surface area contributed by atoms with Crippen molar-refractivity contribution in [2.24, 2.45) is 0 Å². The summed E-state index contributed by atoms with van der Waals surface area (Å²) in [6.45, 7) is -0.0179. The van der Waals surface area contributed by atoms with Crippen LogP contribution in [0.15, 0.2) is 33.7 Å². The molecule has 1 aromatic carbocycles. The van der Waals surface area contributed by atoms with Crippen molar-refractivity contribution in [2.75, 3.05) is 20.1 Å². The Morgan fingerprint density at radius 2 is 2.04 bits per heavy atom. The van der Waals surface area contributed by atoms with Crippen LogP contribution in [0, 0.1) is 0 Å². The average Bonchev–Trinajstić information content (AvgIpc) is 3.24. The molecule has 0 radical (unpaired) electrons. The fraction of sp³-hybridized carbons (Fsp3) is 0.471. The van der Waals surface area contributed by atoms with Crippen molar-refractivity contribution >= 4 is 15.9 Å². The molecule has 0 bridgehead atoms. The van der Waals surface area contributed by atoms with Crippen LogP contribution in [0.4, 0.5) is 0 Å². The lowest BCUT2D eigenvalue weighted by Crippen LogP contribution is -2.34. The number of nitrogens with zero attached hydrogens (tertiary/aromatic N) is 3. The van der Waals surface area contributed by atoms with Gasteiger partial charge in [-0.15, -0.1) is 0 Å². The van der Waals surface area contributed by atoms with Crippen molar-refractivity contribution in [3.8, 4) is 0 Å². The van der Waals surface area contributed by atoms with Crippen molar-refractivity contribution in [2.45, 2.75) is 35.7 Å². The van der Waals surface area contributed by atoms with Gasteiger partial charge in [0.1, 0.15) is 0 Å². The Labute approximate surface area is 156 Å². The van der Waals surface area contributed by atoms with E-state index in [1.807, 2.05) is 0 Å². The summed E-state index contributed by atoms with van der Waals surface area (Å²) in [5.41, 5.74) is -1.12. The second kappa shape index (κ2) is 6.39. The number of amides is 1. The van der Waals surface area contributed by atoms with Crippen LogP contribution in [0.2, 0.25) is 0 Å². The fourth-order valence-electron chi connectivity index (χ4n) is 3.14. The predicted molar refractivity (Wildman–Crippen MR) is 93.4 cm³/mol. The number of carbonyl (C=O) groups is 1. The van der Waals surface area contributed by atoms with Gasteiger partial charge in [0.05, 0.1) is 11.4 Å². The first kappa shape index (κ1) is 18.1. The number of rotatable bonds is 5. The molecule has 4 rings (SSSR count). The third kappa shape index (κ3) is 3.24. The Bertz CT molecular complexity index is 967. The molecule has 1 aliphatic carbocycles. The van der Waals surface area contributed by atoms with E-state index in [-0.39, 0.29) is 42.1 Å². The highest BCUT2D eigenvalue weighted by atomic mass is 32.2. The molecule has 9 nitrogen and oxygen atoms in total. The minimum atomic E-state index is -3.81. The molecule has 1 amide bonds. The smallest absolute Gasteiger partial charge is 0.260 e. The summed E-state index contributed by atoms with van der Waals surface area (Å²) in [5.74, 6) is 0.630. The van der Waals surface area contributed by atoms with Crippen LogP contribution in [0.1, 0.15) is 47.3 Å². The lowest BCUT2D eigenvalue weighted by molar-refractivity contribution is 0.0194. The zero-order valence-electron chi connectivity index (χ0n) is 14.8. The molecule has 27 heavy (non-hydrogen) atoms. The normalized spacial score (nSPS) is 23.5. The molecule has 10 heteroatoms. The number of hydrogen-bond acceptors (Lipinski definition) is 7. The average molecular weight is 392 g/mol. The van der Waals surface area contributed by atoms with Crippen molar-refractivity contribution in [3.63, 3.8) is 0 Å². The summed E-state index contributed by atoms with van der Waals surface area (Å²) in [6.07, 6.45) is 2.18. The Kier molecular flexibility index (Phi) is 4.28. The molecule has 1 aliphatic heterocycles. The molecule has 0 spiro atoms. The van der Waals surface area contributed by atoms with E-state index in [4.69, 9.17) is 4.52 Å². The highest BCUT2D eigenvalue weighted by Crippen LogP contribution is 2.40. The molecule has 2 fully saturated rings. The minimum absolute atomic E-state index is 0.0589. The number of nitrogens with one attached hydrogen (secondary N) is 1. The predicted octanol–water partition coefficient (Wildman–Crippen LogP) is 0.589. The van der Waals surface area contributed by atoms with E-state index in [1.165, 1.54) is 35.6 Å². The standard InChI is InChI=1S/C17H20N4O5S/c1-18-15(22)12-4-6-13(7-5-12)27(24,25)21-9-8-17(23,10-21)16-19-14(20-26-16)11-2-3-11/h4-7,11,23H,2-3,8-10H2,1H3,(H,18,22)/t17-/m1/s1. The maximum Gasteiger partial charge on any atom is 0.260 e. The summed E-state index contributed by atoms with van der Waals surface area (Å²) in [7, 11) is -2.31. The summed E-state index contributed by atoms with van der Waals surface area (Å²) < 4.78 is 32.1.